The van der Waals surface area contributed by atoms with E-state index in [9.17, 15) is 19.8 Å². The van der Waals surface area contributed by atoms with E-state index in [0.717, 1.165) is 18.2 Å². The summed E-state index contributed by atoms with van der Waals surface area (Å²) < 4.78 is 4.67. The van der Waals surface area contributed by atoms with Crippen LogP contribution in [-0.2, 0) is 9.53 Å². The summed E-state index contributed by atoms with van der Waals surface area (Å²) in [5, 5.41) is 21.3. The maximum Gasteiger partial charge on any atom is 0.329 e. The first kappa shape index (κ1) is 17.9. The van der Waals surface area contributed by atoms with Crippen LogP contribution in [0.15, 0.2) is 30.9 Å². The van der Waals surface area contributed by atoms with Gasteiger partial charge in [-0.15, -0.1) is 6.58 Å². The lowest BCUT2D eigenvalue weighted by atomic mass is 10.1. The number of methoxy groups -OCH3 is 1. The highest BCUT2D eigenvalue weighted by atomic mass is 32.2. The van der Waals surface area contributed by atoms with Gasteiger partial charge in [-0.3, -0.25) is 4.79 Å². The van der Waals surface area contributed by atoms with Crippen LogP contribution >= 0.6 is 11.8 Å². The minimum atomic E-state index is -0.809. The zero-order valence-electron chi connectivity index (χ0n) is 12.2. The van der Waals surface area contributed by atoms with E-state index in [1.165, 1.54) is 31.0 Å². The molecule has 0 aliphatic heterocycles. The summed E-state index contributed by atoms with van der Waals surface area (Å²) in [4.78, 5) is 23.8. The van der Waals surface area contributed by atoms with E-state index in [1.54, 1.807) is 6.08 Å². The fourth-order valence-electron chi connectivity index (χ4n) is 1.65. The van der Waals surface area contributed by atoms with E-state index in [0.29, 0.717) is 5.75 Å². The Morgan fingerprint density at radius 2 is 2.00 bits per heavy atom. The van der Waals surface area contributed by atoms with Gasteiger partial charge in [-0.1, -0.05) is 6.08 Å². The van der Waals surface area contributed by atoms with Crippen molar-refractivity contribution in [2.45, 2.75) is 12.5 Å². The molecule has 1 amide bonds. The smallest absolute Gasteiger partial charge is 0.329 e. The van der Waals surface area contributed by atoms with Crippen molar-refractivity contribution in [3.63, 3.8) is 0 Å². The Kier molecular flexibility index (Phi) is 7.31. The van der Waals surface area contributed by atoms with Gasteiger partial charge in [0.25, 0.3) is 5.91 Å². The van der Waals surface area contributed by atoms with Gasteiger partial charge in [-0.2, -0.15) is 11.8 Å². The van der Waals surface area contributed by atoms with Crippen molar-refractivity contribution in [3.05, 3.63) is 36.4 Å². The lowest BCUT2D eigenvalue weighted by molar-refractivity contribution is -0.142. The largest absolute Gasteiger partial charge is 0.508 e. The molecule has 0 aliphatic rings. The second-order valence-corrected chi connectivity index (χ2v) is 5.59. The van der Waals surface area contributed by atoms with E-state index in [-0.39, 0.29) is 17.1 Å². The number of nitrogens with one attached hydrogen (secondary N) is 1. The van der Waals surface area contributed by atoms with Gasteiger partial charge in [0.05, 0.1) is 7.11 Å². The monoisotopic (exact) mass is 325 g/mol. The van der Waals surface area contributed by atoms with Crippen LogP contribution in [0.25, 0.3) is 0 Å². The average molecular weight is 325 g/mol. The Balaban J connectivity index is 2.72. The number of phenols is 2. The molecule has 1 rings (SSSR count). The normalized spacial score (nSPS) is 11.5. The van der Waals surface area contributed by atoms with Gasteiger partial charge in [0, 0.05) is 17.4 Å². The fourth-order valence-corrected chi connectivity index (χ4v) is 2.60. The molecule has 1 atom stereocenters. The highest BCUT2D eigenvalue weighted by Gasteiger charge is 2.22. The summed E-state index contributed by atoms with van der Waals surface area (Å²) in [5.74, 6) is -0.466. The standard InChI is InChI=1S/C15H19NO5S/c1-3-4-5-22-9-13(15(20)21-2)16-14(19)10-6-11(17)8-12(18)7-10/h3,6-8,13,17-18H,1,4-5,9H2,2H3,(H,16,19)/t13-/m0/s1. The molecule has 0 bridgehead atoms. The fraction of sp³-hybridized carbons (Fsp3) is 0.333. The number of phenolic OH excluding ortho intramolecular Hbond substituents is 2. The van der Waals surface area contributed by atoms with Gasteiger partial charge < -0.3 is 20.3 Å². The lowest BCUT2D eigenvalue weighted by Gasteiger charge is -2.16. The molecule has 1 aromatic rings. The molecule has 7 heteroatoms. The van der Waals surface area contributed by atoms with Crippen LogP contribution in [0.5, 0.6) is 11.5 Å². The summed E-state index contributed by atoms with van der Waals surface area (Å²) in [6.07, 6.45) is 2.57. The highest BCUT2D eigenvalue weighted by molar-refractivity contribution is 7.99. The van der Waals surface area contributed by atoms with Crippen LogP contribution < -0.4 is 5.32 Å². The Morgan fingerprint density at radius 3 is 2.55 bits per heavy atom. The molecule has 0 aromatic heterocycles. The second kappa shape index (κ2) is 8.99. The van der Waals surface area contributed by atoms with Crippen LogP contribution in [0.2, 0.25) is 0 Å². The molecule has 6 nitrogen and oxygen atoms in total. The first-order valence-corrected chi connectivity index (χ1v) is 7.73. The number of aromatic hydroxyl groups is 2. The van der Waals surface area contributed by atoms with E-state index in [1.807, 2.05) is 0 Å². The van der Waals surface area contributed by atoms with Gasteiger partial charge in [0.1, 0.15) is 17.5 Å². The van der Waals surface area contributed by atoms with E-state index in [2.05, 4.69) is 16.6 Å². The number of hydrogen-bond acceptors (Lipinski definition) is 6. The third-order valence-electron chi connectivity index (χ3n) is 2.71. The van der Waals surface area contributed by atoms with Gasteiger partial charge in [0.15, 0.2) is 0 Å². The van der Waals surface area contributed by atoms with Crippen molar-refractivity contribution < 1.29 is 24.5 Å². The number of esters is 1. The Morgan fingerprint density at radius 1 is 1.36 bits per heavy atom. The predicted molar refractivity (Wildman–Crippen MR) is 85.2 cm³/mol. The molecule has 0 saturated heterocycles. The number of carbonyl (C=O) groups excluding carboxylic acids is 2. The minimum absolute atomic E-state index is 0.0579. The molecular weight excluding hydrogens is 306 g/mol. The number of thioether (sulfide) groups is 1. The summed E-state index contributed by atoms with van der Waals surface area (Å²) in [5.41, 5.74) is 0.0579. The zero-order valence-corrected chi connectivity index (χ0v) is 13.1. The van der Waals surface area contributed by atoms with E-state index >= 15 is 0 Å². The first-order chi connectivity index (χ1) is 10.5. The SMILES string of the molecule is C=CCCSC[C@H](NC(=O)c1cc(O)cc(O)c1)C(=O)OC. The number of hydrogen-bond donors (Lipinski definition) is 3. The molecule has 0 aliphatic carbocycles. The van der Waals surface area contributed by atoms with Crippen molar-refractivity contribution in [3.8, 4) is 11.5 Å². The average Bonchev–Trinajstić information content (AvgIpc) is 2.48. The molecule has 22 heavy (non-hydrogen) atoms. The van der Waals surface area contributed by atoms with Crippen molar-refractivity contribution in [1.29, 1.82) is 0 Å². The van der Waals surface area contributed by atoms with Crippen molar-refractivity contribution in [1.82, 2.24) is 5.32 Å². The number of benzene rings is 1. The van der Waals surface area contributed by atoms with Crippen LogP contribution in [0, 0.1) is 0 Å². The quantitative estimate of drug-likeness (QED) is 0.382. The molecule has 0 radical (unpaired) electrons. The molecule has 0 saturated carbocycles. The van der Waals surface area contributed by atoms with Crippen LogP contribution in [-0.4, -0.2) is 46.7 Å². The Bertz CT molecular complexity index is 526. The molecule has 120 valence electrons. The molecule has 1 aromatic carbocycles. The summed E-state index contributed by atoms with van der Waals surface area (Å²) >= 11 is 1.49. The third-order valence-corrected chi connectivity index (χ3v) is 3.80. The maximum atomic E-state index is 12.1. The van der Waals surface area contributed by atoms with Gasteiger partial charge in [0.2, 0.25) is 0 Å². The second-order valence-electron chi connectivity index (χ2n) is 4.44. The molecule has 0 heterocycles. The van der Waals surface area contributed by atoms with Gasteiger partial charge >= 0.3 is 5.97 Å². The maximum absolute atomic E-state index is 12.1. The lowest BCUT2D eigenvalue weighted by Crippen LogP contribution is -2.43. The number of allylic oxidation sites excluding steroid dienone is 1. The number of amides is 1. The summed E-state index contributed by atoms with van der Waals surface area (Å²) in [6.45, 7) is 3.61. The van der Waals surface area contributed by atoms with Crippen molar-refractivity contribution in [2.75, 3.05) is 18.6 Å². The first-order valence-electron chi connectivity index (χ1n) is 6.58. The highest BCUT2D eigenvalue weighted by Crippen LogP contribution is 2.20. The van der Waals surface area contributed by atoms with Gasteiger partial charge in [-0.25, -0.2) is 4.79 Å². The number of rotatable bonds is 8. The molecule has 0 unspecified atom stereocenters. The molecule has 0 spiro atoms. The Hall–Kier alpha value is -2.15. The molecular formula is C15H19NO5S. The zero-order chi connectivity index (χ0) is 16.5. The summed E-state index contributed by atoms with van der Waals surface area (Å²) in [7, 11) is 1.25. The van der Waals surface area contributed by atoms with Crippen LogP contribution in [0.4, 0.5) is 0 Å². The van der Waals surface area contributed by atoms with Crippen LogP contribution in [0.1, 0.15) is 16.8 Å². The third kappa shape index (κ3) is 5.69. The minimum Gasteiger partial charge on any atom is -0.508 e. The number of ether oxygens (including phenoxy) is 1. The topological polar surface area (TPSA) is 95.9 Å². The predicted octanol–water partition coefficient (Wildman–Crippen LogP) is 1.68. The summed E-state index contributed by atoms with van der Waals surface area (Å²) in [6, 6.07) is 2.71. The Labute approximate surface area is 133 Å². The molecule has 3 N–H and O–H groups in total. The van der Waals surface area contributed by atoms with Crippen LogP contribution in [0.3, 0.4) is 0 Å². The molecule has 0 fully saturated rings. The van der Waals surface area contributed by atoms with E-state index < -0.39 is 17.9 Å². The van der Waals surface area contributed by atoms with Crippen molar-refractivity contribution in [2.24, 2.45) is 0 Å². The van der Waals surface area contributed by atoms with Gasteiger partial charge in [-0.05, 0) is 24.3 Å². The van der Waals surface area contributed by atoms with Crippen molar-refractivity contribution >= 4 is 23.6 Å². The number of carbonyl (C=O) groups is 2. The van der Waals surface area contributed by atoms with E-state index in [4.69, 9.17) is 0 Å².